The number of hydrogen-bond acceptors (Lipinski definition) is 4. The van der Waals surface area contributed by atoms with Crippen molar-refractivity contribution in [2.75, 3.05) is 20.1 Å². The Bertz CT molecular complexity index is 655. The van der Waals surface area contributed by atoms with Crippen LogP contribution in [0.2, 0.25) is 0 Å². The number of aromatic nitrogens is 1. The molecule has 0 unspecified atom stereocenters. The highest BCUT2D eigenvalue weighted by atomic mass is 16.6. The molecule has 0 amide bonds. The molecular weight excluding hydrogens is 264 g/mol. The van der Waals surface area contributed by atoms with E-state index in [1.165, 1.54) is 6.92 Å². The SMILES string of the molecule is CC(=O)OC1(c2nccc3ccccc23)CCN(C)CC1. The van der Waals surface area contributed by atoms with Gasteiger partial charge in [-0.15, -0.1) is 0 Å². The normalized spacial score (nSPS) is 18.6. The second kappa shape index (κ2) is 5.45. The first-order chi connectivity index (χ1) is 10.1. The maximum atomic E-state index is 11.6. The summed E-state index contributed by atoms with van der Waals surface area (Å²) in [7, 11) is 2.09. The first-order valence-corrected chi connectivity index (χ1v) is 7.33. The highest BCUT2D eigenvalue weighted by molar-refractivity contribution is 5.85. The molecule has 0 spiro atoms. The van der Waals surface area contributed by atoms with Gasteiger partial charge in [-0.1, -0.05) is 24.3 Å². The molecule has 1 saturated heterocycles. The van der Waals surface area contributed by atoms with Crippen LogP contribution in [0.5, 0.6) is 0 Å². The number of carbonyl (C=O) groups excluding carboxylic acids is 1. The Labute approximate surface area is 124 Å². The van der Waals surface area contributed by atoms with Crippen molar-refractivity contribution in [3.05, 3.63) is 42.2 Å². The van der Waals surface area contributed by atoms with Crippen LogP contribution >= 0.6 is 0 Å². The molecule has 0 radical (unpaired) electrons. The zero-order valence-corrected chi connectivity index (χ0v) is 12.5. The lowest BCUT2D eigenvalue weighted by atomic mass is 9.85. The summed E-state index contributed by atoms with van der Waals surface area (Å²) in [6.07, 6.45) is 3.37. The molecule has 0 saturated carbocycles. The molecule has 2 heterocycles. The van der Waals surface area contributed by atoms with Gasteiger partial charge in [-0.2, -0.15) is 0 Å². The van der Waals surface area contributed by atoms with Gasteiger partial charge < -0.3 is 9.64 Å². The lowest BCUT2D eigenvalue weighted by Gasteiger charge is -2.39. The summed E-state index contributed by atoms with van der Waals surface area (Å²) in [6.45, 7) is 3.28. The Morgan fingerprint density at radius 3 is 2.67 bits per heavy atom. The number of hydrogen-bond donors (Lipinski definition) is 0. The molecule has 4 nitrogen and oxygen atoms in total. The molecule has 0 aliphatic carbocycles. The van der Waals surface area contributed by atoms with E-state index in [0.29, 0.717) is 0 Å². The van der Waals surface area contributed by atoms with E-state index in [9.17, 15) is 4.79 Å². The van der Waals surface area contributed by atoms with Crippen LogP contribution in [-0.2, 0) is 15.1 Å². The zero-order chi connectivity index (χ0) is 14.9. The van der Waals surface area contributed by atoms with Gasteiger partial charge in [0, 0.05) is 44.4 Å². The second-order valence-electron chi connectivity index (χ2n) is 5.77. The number of carbonyl (C=O) groups is 1. The number of pyridine rings is 1. The monoisotopic (exact) mass is 284 g/mol. The van der Waals surface area contributed by atoms with E-state index in [-0.39, 0.29) is 5.97 Å². The van der Waals surface area contributed by atoms with E-state index in [4.69, 9.17) is 4.74 Å². The van der Waals surface area contributed by atoms with Crippen molar-refractivity contribution in [1.29, 1.82) is 0 Å². The van der Waals surface area contributed by atoms with Crippen molar-refractivity contribution >= 4 is 16.7 Å². The van der Waals surface area contributed by atoms with Crippen LogP contribution < -0.4 is 0 Å². The molecule has 1 aliphatic heterocycles. The van der Waals surface area contributed by atoms with E-state index < -0.39 is 5.60 Å². The number of piperidine rings is 1. The van der Waals surface area contributed by atoms with E-state index >= 15 is 0 Å². The van der Waals surface area contributed by atoms with Crippen LogP contribution in [0.3, 0.4) is 0 Å². The number of fused-ring (bicyclic) bond motifs is 1. The second-order valence-corrected chi connectivity index (χ2v) is 5.77. The summed E-state index contributed by atoms with van der Waals surface area (Å²) in [5.74, 6) is -0.241. The lowest BCUT2D eigenvalue weighted by molar-refractivity contribution is -0.164. The Morgan fingerprint density at radius 2 is 1.95 bits per heavy atom. The third kappa shape index (κ3) is 2.63. The molecule has 0 N–H and O–H groups in total. The average Bonchev–Trinajstić information content (AvgIpc) is 2.49. The van der Waals surface area contributed by atoms with Crippen molar-refractivity contribution in [2.24, 2.45) is 0 Å². The molecule has 1 aromatic heterocycles. The fourth-order valence-electron chi connectivity index (χ4n) is 3.12. The van der Waals surface area contributed by atoms with Gasteiger partial charge in [0.2, 0.25) is 0 Å². The minimum atomic E-state index is -0.598. The number of nitrogens with zero attached hydrogens (tertiary/aromatic N) is 2. The number of esters is 1. The lowest BCUT2D eigenvalue weighted by Crippen LogP contribution is -2.44. The fraction of sp³-hybridized carbons (Fsp3) is 0.412. The average molecular weight is 284 g/mol. The maximum absolute atomic E-state index is 11.6. The summed E-state index contributed by atoms with van der Waals surface area (Å²) in [4.78, 5) is 18.5. The maximum Gasteiger partial charge on any atom is 0.303 e. The number of benzene rings is 1. The summed E-state index contributed by atoms with van der Waals surface area (Å²) in [6, 6.07) is 10.1. The third-order valence-corrected chi connectivity index (χ3v) is 4.24. The van der Waals surface area contributed by atoms with Gasteiger partial charge in [-0.25, -0.2) is 0 Å². The number of likely N-dealkylation sites (tertiary alicyclic amines) is 1. The minimum absolute atomic E-state index is 0.241. The quantitative estimate of drug-likeness (QED) is 0.795. The molecule has 1 aromatic carbocycles. The Kier molecular flexibility index (Phi) is 3.64. The van der Waals surface area contributed by atoms with Gasteiger partial charge in [-0.05, 0) is 18.5 Å². The Balaban J connectivity index is 2.12. The van der Waals surface area contributed by atoms with Crippen LogP contribution in [0.25, 0.3) is 10.8 Å². The van der Waals surface area contributed by atoms with Crippen LogP contribution in [-0.4, -0.2) is 36.0 Å². The molecule has 0 atom stereocenters. The molecular formula is C17H20N2O2. The van der Waals surface area contributed by atoms with E-state index in [0.717, 1.165) is 42.4 Å². The van der Waals surface area contributed by atoms with Crippen molar-refractivity contribution in [2.45, 2.75) is 25.4 Å². The predicted octanol–water partition coefficient (Wildman–Crippen LogP) is 2.72. The molecule has 1 fully saturated rings. The summed E-state index contributed by atoms with van der Waals surface area (Å²) >= 11 is 0. The van der Waals surface area contributed by atoms with Gasteiger partial charge in [0.05, 0.1) is 5.69 Å². The van der Waals surface area contributed by atoms with Crippen molar-refractivity contribution in [3.63, 3.8) is 0 Å². The number of rotatable bonds is 2. The summed E-state index contributed by atoms with van der Waals surface area (Å²) < 4.78 is 5.79. The largest absolute Gasteiger partial charge is 0.453 e. The third-order valence-electron chi connectivity index (χ3n) is 4.24. The van der Waals surface area contributed by atoms with Crippen molar-refractivity contribution < 1.29 is 9.53 Å². The fourth-order valence-corrected chi connectivity index (χ4v) is 3.12. The predicted molar refractivity (Wildman–Crippen MR) is 81.9 cm³/mol. The first kappa shape index (κ1) is 14.0. The van der Waals surface area contributed by atoms with Crippen LogP contribution in [0.15, 0.2) is 36.5 Å². The zero-order valence-electron chi connectivity index (χ0n) is 12.5. The van der Waals surface area contributed by atoms with Crippen molar-refractivity contribution in [1.82, 2.24) is 9.88 Å². The van der Waals surface area contributed by atoms with Crippen LogP contribution in [0.1, 0.15) is 25.5 Å². The molecule has 110 valence electrons. The van der Waals surface area contributed by atoms with Crippen LogP contribution in [0, 0.1) is 0 Å². The van der Waals surface area contributed by atoms with E-state index in [2.05, 4.69) is 29.1 Å². The smallest absolute Gasteiger partial charge is 0.303 e. The molecule has 2 aromatic rings. The van der Waals surface area contributed by atoms with Gasteiger partial charge >= 0.3 is 5.97 Å². The van der Waals surface area contributed by atoms with Gasteiger partial charge in [0.1, 0.15) is 0 Å². The molecule has 4 heteroatoms. The van der Waals surface area contributed by atoms with Gasteiger partial charge in [0.15, 0.2) is 5.60 Å². The molecule has 0 bridgehead atoms. The summed E-state index contributed by atoms with van der Waals surface area (Å²) in [5.41, 5.74) is 0.294. The van der Waals surface area contributed by atoms with Crippen molar-refractivity contribution in [3.8, 4) is 0 Å². The Hall–Kier alpha value is -1.94. The standard InChI is InChI=1S/C17H20N2O2/c1-13(20)21-17(8-11-19(2)12-9-17)16-15-6-4-3-5-14(15)7-10-18-16/h3-7,10H,8-9,11-12H2,1-2H3. The number of ether oxygens (including phenoxy) is 1. The highest BCUT2D eigenvalue weighted by Crippen LogP contribution is 2.38. The Morgan fingerprint density at radius 1 is 1.24 bits per heavy atom. The molecule has 1 aliphatic rings. The minimum Gasteiger partial charge on any atom is -0.453 e. The highest BCUT2D eigenvalue weighted by Gasteiger charge is 2.40. The molecule has 21 heavy (non-hydrogen) atoms. The topological polar surface area (TPSA) is 42.4 Å². The van der Waals surface area contributed by atoms with Crippen LogP contribution in [0.4, 0.5) is 0 Å². The van der Waals surface area contributed by atoms with Gasteiger partial charge in [0.25, 0.3) is 0 Å². The van der Waals surface area contributed by atoms with E-state index in [1.807, 2.05) is 18.2 Å². The van der Waals surface area contributed by atoms with E-state index in [1.54, 1.807) is 6.20 Å². The van der Waals surface area contributed by atoms with Gasteiger partial charge in [-0.3, -0.25) is 9.78 Å². The summed E-state index contributed by atoms with van der Waals surface area (Å²) in [5, 5.41) is 2.21. The molecule has 3 rings (SSSR count). The first-order valence-electron chi connectivity index (χ1n) is 7.33.